The third-order valence-electron chi connectivity index (χ3n) is 5.19. The van der Waals surface area contributed by atoms with Crippen LogP contribution in [0.25, 0.3) is 0 Å². The summed E-state index contributed by atoms with van der Waals surface area (Å²) in [4.78, 5) is 13.2. The summed E-state index contributed by atoms with van der Waals surface area (Å²) in [6, 6.07) is 15.7. The highest BCUT2D eigenvalue weighted by Gasteiger charge is 2.33. The molecule has 2 aromatic rings. The zero-order valence-corrected chi connectivity index (χ0v) is 17.3. The Labute approximate surface area is 158 Å². The van der Waals surface area contributed by atoms with Gasteiger partial charge in [0.25, 0.3) is 0 Å². The summed E-state index contributed by atoms with van der Waals surface area (Å²) in [5, 5.41) is 0. The van der Waals surface area contributed by atoms with Crippen molar-refractivity contribution < 1.29 is 9.36 Å². The van der Waals surface area contributed by atoms with E-state index in [-0.39, 0.29) is 17.1 Å². The molecule has 2 nitrogen and oxygen atoms in total. The van der Waals surface area contributed by atoms with Crippen molar-refractivity contribution in [3.63, 3.8) is 0 Å². The van der Waals surface area contributed by atoms with Gasteiger partial charge in [-0.25, -0.2) is 0 Å². The predicted octanol–water partition coefficient (Wildman–Crippen LogP) is 7.23. The van der Waals surface area contributed by atoms with Crippen LogP contribution in [0.2, 0.25) is 0 Å². The molecule has 2 aromatic carbocycles. The van der Waals surface area contributed by atoms with Gasteiger partial charge in [0.1, 0.15) is 0 Å². The maximum atomic E-state index is 13.5. The van der Waals surface area contributed by atoms with Crippen LogP contribution in [-0.2, 0) is 4.57 Å². The molecule has 0 saturated carbocycles. The second kappa shape index (κ2) is 9.78. The van der Waals surface area contributed by atoms with Crippen molar-refractivity contribution in [1.82, 2.24) is 0 Å². The van der Waals surface area contributed by atoms with Crippen molar-refractivity contribution in [3.05, 3.63) is 70.8 Å². The Balaban J connectivity index is 2.44. The molecule has 0 amide bonds. The number of unbranched alkanes of at least 4 members (excludes halogenated alkanes) is 1. The van der Waals surface area contributed by atoms with Crippen LogP contribution in [0, 0.1) is 19.8 Å². The van der Waals surface area contributed by atoms with Crippen molar-refractivity contribution in [2.75, 3.05) is 0 Å². The third-order valence-corrected chi connectivity index (χ3v) is 7.04. The smallest absolute Gasteiger partial charge is 0.242 e. The molecule has 3 atom stereocenters. The second-order valence-corrected chi connectivity index (χ2v) is 8.68. The highest BCUT2D eigenvalue weighted by molar-refractivity contribution is 7.64. The van der Waals surface area contributed by atoms with Gasteiger partial charge in [0.15, 0.2) is 7.80 Å². The van der Waals surface area contributed by atoms with E-state index < -0.39 is 7.80 Å². The third kappa shape index (κ3) is 4.68. The van der Waals surface area contributed by atoms with E-state index in [1.807, 2.05) is 62.4 Å². The van der Waals surface area contributed by atoms with E-state index in [0.29, 0.717) is 5.56 Å². The highest BCUT2D eigenvalue weighted by Crippen LogP contribution is 2.51. The van der Waals surface area contributed by atoms with Crippen LogP contribution in [0.5, 0.6) is 0 Å². The summed E-state index contributed by atoms with van der Waals surface area (Å²) in [5.41, 5.74) is 3.07. The molecule has 139 valence electrons. The largest absolute Gasteiger partial charge is 0.281 e. The molecule has 3 heteroatoms. The Morgan fingerprint density at radius 1 is 0.962 bits per heavy atom. The van der Waals surface area contributed by atoms with Crippen molar-refractivity contribution in [2.24, 2.45) is 5.92 Å². The average molecular weight is 369 g/mol. The fourth-order valence-electron chi connectivity index (χ4n) is 3.69. The SMILES string of the molecule is CCCCC(CC)C(c1ccccc1)[P](=O)C(=O)c1c(C)cccc1C. The molecule has 0 fully saturated rings. The summed E-state index contributed by atoms with van der Waals surface area (Å²) >= 11 is 0. The molecule has 1 radical (unpaired) electrons. The van der Waals surface area contributed by atoms with Crippen molar-refractivity contribution in [1.29, 1.82) is 0 Å². The van der Waals surface area contributed by atoms with E-state index >= 15 is 0 Å². The van der Waals surface area contributed by atoms with Gasteiger partial charge in [-0.15, -0.1) is 0 Å². The molecule has 3 unspecified atom stereocenters. The van der Waals surface area contributed by atoms with Gasteiger partial charge in [0.2, 0.25) is 5.52 Å². The predicted molar refractivity (Wildman–Crippen MR) is 110 cm³/mol. The van der Waals surface area contributed by atoms with Crippen LogP contribution in [-0.4, -0.2) is 5.52 Å². The van der Waals surface area contributed by atoms with Crippen LogP contribution in [0.3, 0.4) is 0 Å². The lowest BCUT2D eigenvalue weighted by Gasteiger charge is -2.26. The maximum Gasteiger partial charge on any atom is 0.242 e. The Morgan fingerprint density at radius 2 is 1.58 bits per heavy atom. The lowest BCUT2D eigenvalue weighted by atomic mass is 9.91. The van der Waals surface area contributed by atoms with E-state index in [4.69, 9.17) is 0 Å². The number of carbonyl (C=O) groups is 1. The summed E-state index contributed by atoms with van der Waals surface area (Å²) in [5.74, 6) is 0.259. The summed E-state index contributed by atoms with van der Waals surface area (Å²) in [6.07, 6.45) is 4.15. The molecular weight excluding hydrogens is 339 g/mol. The average Bonchev–Trinajstić information content (AvgIpc) is 2.65. The van der Waals surface area contributed by atoms with Crippen LogP contribution in [0.4, 0.5) is 0 Å². The molecule has 0 aliphatic heterocycles. The van der Waals surface area contributed by atoms with Crippen LogP contribution < -0.4 is 0 Å². The molecule has 0 spiro atoms. The zero-order chi connectivity index (χ0) is 19.1. The van der Waals surface area contributed by atoms with Crippen molar-refractivity contribution in [3.8, 4) is 0 Å². The molecule has 26 heavy (non-hydrogen) atoms. The lowest BCUT2D eigenvalue weighted by molar-refractivity contribution is 0.107. The van der Waals surface area contributed by atoms with Crippen molar-refractivity contribution in [2.45, 2.75) is 59.0 Å². The summed E-state index contributed by atoms with van der Waals surface area (Å²) in [7, 11) is -2.04. The fourth-order valence-corrected chi connectivity index (χ4v) is 5.70. The van der Waals surface area contributed by atoms with Gasteiger partial charge in [0, 0.05) is 5.56 Å². The number of rotatable bonds is 9. The first kappa shape index (κ1) is 20.5. The normalized spacial score (nSPS) is 13.9. The highest BCUT2D eigenvalue weighted by atomic mass is 31.1. The van der Waals surface area contributed by atoms with Crippen LogP contribution >= 0.6 is 7.80 Å². The first-order chi connectivity index (χ1) is 12.5. The molecule has 0 heterocycles. The molecular formula is C23H30O2P. The van der Waals surface area contributed by atoms with E-state index in [9.17, 15) is 9.36 Å². The first-order valence-corrected chi connectivity index (χ1v) is 11.0. The fraction of sp³-hybridized carbons (Fsp3) is 0.435. The second-order valence-electron chi connectivity index (χ2n) is 7.06. The Bertz CT molecular complexity index is 732. The minimum absolute atomic E-state index is 0.195. The van der Waals surface area contributed by atoms with Gasteiger partial charge in [-0.2, -0.15) is 0 Å². The summed E-state index contributed by atoms with van der Waals surface area (Å²) < 4.78 is 13.5. The minimum atomic E-state index is -2.04. The van der Waals surface area contributed by atoms with Crippen LogP contribution in [0.1, 0.15) is 72.2 Å². The monoisotopic (exact) mass is 369 g/mol. The number of hydrogen-bond acceptors (Lipinski definition) is 2. The van der Waals surface area contributed by atoms with Gasteiger partial charge in [-0.3, -0.25) is 9.36 Å². The maximum absolute atomic E-state index is 13.5. The van der Waals surface area contributed by atoms with Gasteiger partial charge < -0.3 is 0 Å². The van der Waals surface area contributed by atoms with E-state index in [1.54, 1.807) is 0 Å². The van der Waals surface area contributed by atoms with E-state index in [0.717, 1.165) is 42.4 Å². The topological polar surface area (TPSA) is 34.1 Å². The van der Waals surface area contributed by atoms with E-state index in [2.05, 4.69) is 13.8 Å². The molecule has 0 aliphatic carbocycles. The quantitative estimate of drug-likeness (QED) is 0.437. The molecule has 0 saturated heterocycles. The molecule has 0 aromatic heterocycles. The van der Waals surface area contributed by atoms with Gasteiger partial charge in [-0.05, 0) is 42.9 Å². The van der Waals surface area contributed by atoms with Crippen molar-refractivity contribution >= 4 is 13.3 Å². The van der Waals surface area contributed by atoms with Gasteiger partial charge in [-0.1, -0.05) is 81.6 Å². The Hall–Kier alpha value is -1.79. The lowest BCUT2D eigenvalue weighted by Crippen LogP contribution is -2.13. The van der Waals surface area contributed by atoms with E-state index in [1.165, 1.54) is 0 Å². The molecule has 0 bridgehead atoms. The van der Waals surface area contributed by atoms with Gasteiger partial charge >= 0.3 is 0 Å². The standard InChI is InChI=1S/C23H30O2P/c1-5-7-14-19(6-2)22(20-15-9-8-10-16-20)26(25)23(24)21-17(3)12-11-13-18(21)4/h8-13,15-16,19,22H,5-7,14H2,1-4H3. The Kier molecular flexibility index (Phi) is 7.72. The number of benzene rings is 2. The Morgan fingerprint density at radius 3 is 2.12 bits per heavy atom. The van der Waals surface area contributed by atoms with Crippen LogP contribution in [0.15, 0.2) is 48.5 Å². The number of aryl methyl sites for hydroxylation is 2. The molecule has 2 rings (SSSR count). The summed E-state index contributed by atoms with van der Waals surface area (Å²) in [6.45, 7) is 8.17. The number of hydrogen-bond donors (Lipinski definition) is 0. The number of carbonyl (C=O) groups excluding carboxylic acids is 1. The first-order valence-electron chi connectivity index (χ1n) is 9.63. The molecule has 0 N–H and O–H groups in total. The van der Waals surface area contributed by atoms with Gasteiger partial charge in [0.05, 0.1) is 5.66 Å². The zero-order valence-electron chi connectivity index (χ0n) is 16.4. The molecule has 0 aliphatic rings. The minimum Gasteiger partial charge on any atom is -0.281 e.